The molecule has 2 N–H and O–H groups in total. The van der Waals surface area contributed by atoms with E-state index in [0.29, 0.717) is 0 Å². The van der Waals surface area contributed by atoms with Crippen LogP contribution in [0.2, 0.25) is 0 Å². The first-order chi connectivity index (χ1) is 10.7. The summed E-state index contributed by atoms with van der Waals surface area (Å²) in [4.78, 5) is 8.04. The number of fused-ring (bicyclic) bond motifs is 2. The van der Waals surface area contributed by atoms with Gasteiger partial charge in [0, 0.05) is 11.5 Å². The number of benzene rings is 2. The van der Waals surface area contributed by atoms with Crippen LogP contribution < -0.4 is 4.74 Å². The minimum Gasteiger partial charge on any atom is -0.497 e. The van der Waals surface area contributed by atoms with Gasteiger partial charge in [0.05, 0.1) is 23.7 Å². The van der Waals surface area contributed by atoms with Gasteiger partial charge in [-0.25, -0.2) is 4.98 Å². The highest BCUT2D eigenvalue weighted by Crippen LogP contribution is 2.29. The van der Waals surface area contributed by atoms with Crippen molar-refractivity contribution in [1.82, 2.24) is 20.2 Å². The number of ether oxygens (including phenoxy) is 1. The zero-order valence-corrected chi connectivity index (χ0v) is 12.7. The number of nitrogens with one attached hydrogen (secondary N) is 2. The lowest BCUT2D eigenvalue weighted by Gasteiger charge is -1.98. The van der Waals surface area contributed by atoms with E-state index < -0.39 is 0 Å². The van der Waals surface area contributed by atoms with E-state index in [0.717, 1.165) is 39.2 Å². The van der Waals surface area contributed by atoms with Crippen molar-refractivity contribution in [3.8, 4) is 17.3 Å². The lowest BCUT2D eigenvalue weighted by molar-refractivity contribution is 0.415. The van der Waals surface area contributed by atoms with Gasteiger partial charge in [-0.2, -0.15) is 5.10 Å². The summed E-state index contributed by atoms with van der Waals surface area (Å²) >= 11 is 0. The monoisotopic (exact) mass is 292 g/mol. The second-order valence-electron chi connectivity index (χ2n) is 5.52. The molecule has 0 aliphatic heterocycles. The maximum absolute atomic E-state index is 5.24. The summed E-state index contributed by atoms with van der Waals surface area (Å²) in [6.07, 6.45) is 0. The standard InChI is InChI=1S/C17H16N4O/c1-9-6-14-15(7-10(9)2)19-17(18-14)16-12-5-4-11(22-3)8-13(12)20-21-16/h4-8H,1-3H3,(H,18,19)(H,20,21). The number of H-pyrrole nitrogens is 2. The second-order valence-corrected chi connectivity index (χ2v) is 5.52. The van der Waals surface area contributed by atoms with Crippen molar-refractivity contribution in [2.45, 2.75) is 13.8 Å². The summed E-state index contributed by atoms with van der Waals surface area (Å²) in [5.74, 6) is 1.58. The Balaban J connectivity index is 1.91. The molecule has 4 aromatic rings. The van der Waals surface area contributed by atoms with E-state index in [4.69, 9.17) is 4.74 Å². The van der Waals surface area contributed by atoms with Crippen molar-refractivity contribution < 1.29 is 4.74 Å². The molecule has 0 radical (unpaired) electrons. The van der Waals surface area contributed by atoms with Crippen molar-refractivity contribution in [1.29, 1.82) is 0 Å². The van der Waals surface area contributed by atoms with Crippen molar-refractivity contribution in [2.24, 2.45) is 0 Å². The Bertz CT molecular complexity index is 958. The Kier molecular flexibility index (Phi) is 2.69. The lowest BCUT2D eigenvalue weighted by Crippen LogP contribution is -1.82. The maximum atomic E-state index is 5.24. The number of aryl methyl sites for hydroxylation is 2. The summed E-state index contributed by atoms with van der Waals surface area (Å²) < 4.78 is 5.24. The molecular formula is C17H16N4O. The average Bonchev–Trinajstić information content (AvgIpc) is 3.10. The van der Waals surface area contributed by atoms with Gasteiger partial charge >= 0.3 is 0 Å². The summed E-state index contributed by atoms with van der Waals surface area (Å²) in [5, 5.41) is 8.47. The molecule has 0 fully saturated rings. The van der Waals surface area contributed by atoms with Crippen LogP contribution in [0.1, 0.15) is 11.1 Å². The fraction of sp³-hybridized carbons (Fsp3) is 0.176. The molecule has 5 heteroatoms. The molecule has 0 saturated carbocycles. The van der Waals surface area contributed by atoms with Gasteiger partial charge in [-0.15, -0.1) is 0 Å². The SMILES string of the molecule is COc1ccc2c(-c3nc4cc(C)c(C)cc4[nH]3)n[nH]c2c1. The fourth-order valence-corrected chi connectivity index (χ4v) is 2.69. The van der Waals surface area contributed by atoms with E-state index in [1.54, 1.807) is 7.11 Å². The first kappa shape index (κ1) is 12.9. The van der Waals surface area contributed by atoms with Gasteiger partial charge in [-0.3, -0.25) is 5.10 Å². The van der Waals surface area contributed by atoms with Crippen LogP contribution in [-0.4, -0.2) is 27.3 Å². The zero-order chi connectivity index (χ0) is 15.3. The van der Waals surface area contributed by atoms with Crippen molar-refractivity contribution in [3.05, 3.63) is 41.5 Å². The smallest absolute Gasteiger partial charge is 0.159 e. The van der Waals surface area contributed by atoms with Crippen LogP contribution in [0.3, 0.4) is 0 Å². The van der Waals surface area contributed by atoms with E-state index in [1.165, 1.54) is 11.1 Å². The van der Waals surface area contributed by atoms with Crippen molar-refractivity contribution in [2.75, 3.05) is 7.11 Å². The van der Waals surface area contributed by atoms with Gasteiger partial charge in [-0.1, -0.05) is 0 Å². The van der Waals surface area contributed by atoms with E-state index in [-0.39, 0.29) is 0 Å². The Labute approximate surface area is 127 Å². The lowest BCUT2D eigenvalue weighted by atomic mass is 10.1. The van der Waals surface area contributed by atoms with Gasteiger partial charge in [0.15, 0.2) is 5.82 Å². The number of methoxy groups -OCH3 is 1. The Hall–Kier alpha value is -2.82. The molecule has 22 heavy (non-hydrogen) atoms. The third-order valence-electron chi connectivity index (χ3n) is 4.09. The maximum Gasteiger partial charge on any atom is 0.159 e. The molecule has 0 aliphatic rings. The molecule has 2 aromatic carbocycles. The Morgan fingerprint density at radius 3 is 2.64 bits per heavy atom. The predicted octanol–water partition coefficient (Wildman–Crippen LogP) is 3.73. The normalized spacial score (nSPS) is 11.4. The summed E-state index contributed by atoms with van der Waals surface area (Å²) in [6, 6.07) is 10.1. The summed E-state index contributed by atoms with van der Waals surface area (Å²) in [5.41, 5.74) is 6.23. The molecule has 0 unspecified atom stereocenters. The molecule has 0 amide bonds. The number of nitrogens with zero attached hydrogens (tertiary/aromatic N) is 2. The zero-order valence-electron chi connectivity index (χ0n) is 12.7. The van der Waals surface area contributed by atoms with Gasteiger partial charge in [0.1, 0.15) is 11.4 Å². The molecule has 0 bridgehead atoms. The first-order valence-corrected chi connectivity index (χ1v) is 7.15. The molecular weight excluding hydrogens is 276 g/mol. The fourth-order valence-electron chi connectivity index (χ4n) is 2.69. The largest absolute Gasteiger partial charge is 0.497 e. The van der Waals surface area contributed by atoms with Crippen LogP contribution in [0.15, 0.2) is 30.3 Å². The molecule has 4 rings (SSSR count). The highest BCUT2D eigenvalue weighted by molar-refractivity contribution is 5.93. The number of aromatic nitrogens is 4. The van der Waals surface area contributed by atoms with Gasteiger partial charge in [0.25, 0.3) is 0 Å². The molecule has 2 aromatic heterocycles. The number of hydrogen-bond donors (Lipinski definition) is 2. The Morgan fingerprint density at radius 2 is 1.82 bits per heavy atom. The minimum absolute atomic E-state index is 0.774. The van der Waals surface area contributed by atoms with Gasteiger partial charge in [0.2, 0.25) is 0 Å². The van der Waals surface area contributed by atoms with E-state index >= 15 is 0 Å². The number of hydrogen-bond acceptors (Lipinski definition) is 3. The Morgan fingerprint density at radius 1 is 1.00 bits per heavy atom. The topological polar surface area (TPSA) is 66.6 Å². The molecule has 0 atom stereocenters. The average molecular weight is 292 g/mol. The summed E-state index contributed by atoms with van der Waals surface area (Å²) in [7, 11) is 1.66. The van der Waals surface area contributed by atoms with Crippen molar-refractivity contribution in [3.63, 3.8) is 0 Å². The highest BCUT2D eigenvalue weighted by Gasteiger charge is 2.13. The van der Waals surface area contributed by atoms with E-state index in [1.807, 2.05) is 18.2 Å². The van der Waals surface area contributed by atoms with Gasteiger partial charge < -0.3 is 9.72 Å². The molecule has 5 nitrogen and oxygen atoms in total. The molecule has 0 saturated heterocycles. The van der Waals surface area contributed by atoms with Crippen LogP contribution >= 0.6 is 0 Å². The first-order valence-electron chi connectivity index (χ1n) is 7.15. The predicted molar refractivity (Wildman–Crippen MR) is 87.2 cm³/mol. The molecule has 0 spiro atoms. The third-order valence-corrected chi connectivity index (χ3v) is 4.09. The number of imidazole rings is 1. The van der Waals surface area contributed by atoms with Crippen LogP contribution in [0.4, 0.5) is 0 Å². The van der Waals surface area contributed by atoms with Crippen LogP contribution in [0.5, 0.6) is 5.75 Å². The van der Waals surface area contributed by atoms with Crippen LogP contribution in [-0.2, 0) is 0 Å². The van der Waals surface area contributed by atoms with E-state index in [9.17, 15) is 0 Å². The second kappa shape index (κ2) is 4.59. The highest BCUT2D eigenvalue weighted by atomic mass is 16.5. The quantitative estimate of drug-likeness (QED) is 0.591. The number of aromatic amines is 2. The molecule has 2 heterocycles. The van der Waals surface area contributed by atoms with E-state index in [2.05, 4.69) is 46.1 Å². The van der Waals surface area contributed by atoms with Crippen LogP contribution in [0, 0.1) is 13.8 Å². The van der Waals surface area contributed by atoms with Gasteiger partial charge in [-0.05, 0) is 49.2 Å². The summed E-state index contributed by atoms with van der Waals surface area (Å²) in [6.45, 7) is 4.20. The van der Waals surface area contributed by atoms with Crippen LogP contribution in [0.25, 0.3) is 33.5 Å². The molecule has 110 valence electrons. The third kappa shape index (κ3) is 1.86. The number of rotatable bonds is 2. The minimum atomic E-state index is 0.774. The van der Waals surface area contributed by atoms with Crippen molar-refractivity contribution >= 4 is 21.9 Å². The molecule has 0 aliphatic carbocycles.